The second-order valence-electron chi connectivity index (χ2n) is 3.32. The number of rotatable bonds is 5. The third-order valence-corrected chi connectivity index (χ3v) is 2.17. The van der Waals surface area contributed by atoms with Gasteiger partial charge in [-0.2, -0.15) is 0 Å². The molecular formula is C10H15BrN2O2. The summed E-state index contributed by atoms with van der Waals surface area (Å²) < 4.78 is 11.5. The van der Waals surface area contributed by atoms with Crippen molar-refractivity contribution in [3.63, 3.8) is 0 Å². The summed E-state index contributed by atoms with van der Waals surface area (Å²) in [4.78, 5) is 4.04. The molecule has 84 valence electrons. The molecule has 0 radical (unpaired) electrons. The van der Waals surface area contributed by atoms with Gasteiger partial charge in [-0.1, -0.05) is 0 Å². The van der Waals surface area contributed by atoms with Gasteiger partial charge in [0.2, 0.25) is 5.88 Å². The van der Waals surface area contributed by atoms with Crippen molar-refractivity contribution in [3.05, 3.63) is 16.7 Å². The molecule has 0 aromatic carbocycles. The van der Waals surface area contributed by atoms with Crippen LogP contribution in [0, 0.1) is 0 Å². The Balaban J connectivity index is 2.37. The quantitative estimate of drug-likeness (QED) is 0.837. The Labute approximate surface area is 97.9 Å². The van der Waals surface area contributed by atoms with Gasteiger partial charge in [0.05, 0.1) is 29.1 Å². The minimum atomic E-state index is 0.219. The van der Waals surface area contributed by atoms with Crippen molar-refractivity contribution in [2.75, 3.05) is 18.9 Å². The van der Waals surface area contributed by atoms with E-state index in [1.165, 1.54) is 0 Å². The van der Waals surface area contributed by atoms with Crippen LogP contribution in [0.3, 0.4) is 0 Å². The van der Waals surface area contributed by atoms with Crippen molar-refractivity contribution in [2.45, 2.75) is 20.0 Å². The first-order valence-corrected chi connectivity index (χ1v) is 5.54. The summed E-state index contributed by atoms with van der Waals surface area (Å²) >= 11 is 3.32. The first-order chi connectivity index (χ1) is 7.09. The number of pyridine rings is 1. The van der Waals surface area contributed by atoms with Crippen molar-refractivity contribution in [1.29, 1.82) is 0 Å². The summed E-state index contributed by atoms with van der Waals surface area (Å²) in [6, 6.07) is 1.76. The predicted molar refractivity (Wildman–Crippen MR) is 62.9 cm³/mol. The van der Waals surface area contributed by atoms with Crippen molar-refractivity contribution in [1.82, 2.24) is 4.98 Å². The fraction of sp³-hybridized carbons (Fsp3) is 0.500. The third-order valence-electron chi connectivity index (χ3n) is 1.60. The molecule has 1 heterocycles. The lowest BCUT2D eigenvalue weighted by Gasteiger charge is -2.09. The van der Waals surface area contributed by atoms with Crippen LogP contribution in [0.2, 0.25) is 0 Å². The van der Waals surface area contributed by atoms with E-state index in [9.17, 15) is 0 Å². The highest BCUT2D eigenvalue weighted by atomic mass is 79.9. The van der Waals surface area contributed by atoms with Crippen LogP contribution < -0.4 is 10.5 Å². The molecule has 0 aliphatic heterocycles. The minimum Gasteiger partial charge on any atom is -0.474 e. The summed E-state index contributed by atoms with van der Waals surface area (Å²) in [6.45, 7) is 5.00. The molecule has 0 saturated carbocycles. The lowest BCUT2D eigenvalue weighted by molar-refractivity contribution is 0.0541. The van der Waals surface area contributed by atoms with Crippen LogP contribution in [-0.4, -0.2) is 24.3 Å². The van der Waals surface area contributed by atoms with Crippen LogP contribution in [0.4, 0.5) is 5.69 Å². The predicted octanol–water partition coefficient (Wildman–Crippen LogP) is 2.23. The van der Waals surface area contributed by atoms with Gasteiger partial charge in [0.25, 0.3) is 0 Å². The van der Waals surface area contributed by atoms with Gasteiger partial charge in [0.1, 0.15) is 6.61 Å². The van der Waals surface area contributed by atoms with E-state index in [4.69, 9.17) is 15.2 Å². The number of aromatic nitrogens is 1. The zero-order valence-electron chi connectivity index (χ0n) is 8.87. The Bertz CT molecular complexity index is 318. The monoisotopic (exact) mass is 274 g/mol. The Kier molecular flexibility index (Phi) is 4.84. The largest absolute Gasteiger partial charge is 0.474 e. The molecule has 0 bridgehead atoms. The molecule has 5 heteroatoms. The summed E-state index contributed by atoms with van der Waals surface area (Å²) in [7, 11) is 0. The second-order valence-corrected chi connectivity index (χ2v) is 4.18. The van der Waals surface area contributed by atoms with Crippen molar-refractivity contribution >= 4 is 21.6 Å². The van der Waals surface area contributed by atoms with Gasteiger partial charge in [-0.05, 0) is 35.8 Å². The van der Waals surface area contributed by atoms with E-state index in [1.54, 1.807) is 12.3 Å². The van der Waals surface area contributed by atoms with Crippen LogP contribution in [-0.2, 0) is 4.74 Å². The molecule has 0 spiro atoms. The number of ether oxygens (including phenoxy) is 2. The standard InChI is InChI=1S/C10H15BrN2O2/c1-7(2)14-3-4-15-10-9(11)5-8(12)6-13-10/h5-7H,3-4,12H2,1-2H3. The van der Waals surface area contributed by atoms with Crippen molar-refractivity contribution < 1.29 is 9.47 Å². The van der Waals surface area contributed by atoms with Gasteiger partial charge >= 0.3 is 0 Å². The number of hydrogen-bond donors (Lipinski definition) is 1. The van der Waals surface area contributed by atoms with Crippen molar-refractivity contribution in [2.24, 2.45) is 0 Å². The SMILES string of the molecule is CC(C)OCCOc1ncc(N)cc1Br. The first kappa shape index (κ1) is 12.3. The minimum absolute atomic E-state index is 0.219. The smallest absolute Gasteiger partial charge is 0.228 e. The highest BCUT2D eigenvalue weighted by Crippen LogP contribution is 2.23. The molecule has 1 rings (SSSR count). The average molecular weight is 275 g/mol. The molecule has 0 aliphatic rings. The molecule has 1 aromatic heterocycles. The Hall–Kier alpha value is -0.810. The molecule has 0 atom stereocenters. The summed E-state index contributed by atoms with van der Waals surface area (Å²) in [5, 5.41) is 0. The van der Waals surface area contributed by atoms with Crippen LogP contribution in [0.25, 0.3) is 0 Å². The Morgan fingerprint density at radius 1 is 1.47 bits per heavy atom. The zero-order valence-corrected chi connectivity index (χ0v) is 10.5. The molecular weight excluding hydrogens is 260 g/mol. The number of nitrogen functional groups attached to an aromatic ring is 1. The van der Waals surface area contributed by atoms with Crippen molar-refractivity contribution in [3.8, 4) is 5.88 Å². The molecule has 15 heavy (non-hydrogen) atoms. The summed E-state index contributed by atoms with van der Waals surface area (Å²) in [6.07, 6.45) is 1.78. The van der Waals surface area contributed by atoms with Gasteiger partial charge in [-0.3, -0.25) is 0 Å². The Morgan fingerprint density at radius 3 is 2.80 bits per heavy atom. The van der Waals surface area contributed by atoms with Gasteiger partial charge in [0.15, 0.2) is 0 Å². The number of nitrogens with zero attached hydrogens (tertiary/aromatic N) is 1. The molecule has 1 aromatic rings. The molecule has 0 saturated heterocycles. The topological polar surface area (TPSA) is 57.4 Å². The van der Waals surface area contributed by atoms with E-state index in [0.29, 0.717) is 24.8 Å². The van der Waals surface area contributed by atoms with Crippen LogP contribution >= 0.6 is 15.9 Å². The Morgan fingerprint density at radius 2 is 2.20 bits per heavy atom. The van der Waals surface area contributed by atoms with E-state index in [0.717, 1.165) is 4.47 Å². The summed E-state index contributed by atoms with van der Waals surface area (Å²) in [5.41, 5.74) is 6.15. The zero-order chi connectivity index (χ0) is 11.3. The number of halogens is 1. The molecule has 4 nitrogen and oxygen atoms in total. The van der Waals surface area contributed by atoms with Gasteiger partial charge in [-0.15, -0.1) is 0 Å². The van der Waals surface area contributed by atoms with E-state index >= 15 is 0 Å². The number of nitrogens with two attached hydrogens (primary N) is 1. The fourth-order valence-electron chi connectivity index (χ4n) is 0.969. The first-order valence-electron chi connectivity index (χ1n) is 4.75. The number of hydrogen-bond acceptors (Lipinski definition) is 4. The maximum absolute atomic E-state index is 5.55. The molecule has 0 amide bonds. The van der Waals surface area contributed by atoms with Gasteiger partial charge in [-0.25, -0.2) is 4.98 Å². The maximum Gasteiger partial charge on any atom is 0.228 e. The maximum atomic E-state index is 5.55. The number of anilines is 1. The van der Waals surface area contributed by atoms with Crippen LogP contribution in [0.15, 0.2) is 16.7 Å². The normalized spacial score (nSPS) is 10.7. The molecule has 2 N–H and O–H groups in total. The van der Waals surface area contributed by atoms with E-state index in [2.05, 4.69) is 20.9 Å². The molecule has 0 unspecified atom stereocenters. The van der Waals surface area contributed by atoms with Gasteiger partial charge < -0.3 is 15.2 Å². The van der Waals surface area contributed by atoms with E-state index < -0.39 is 0 Å². The van der Waals surface area contributed by atoms with Crippen LogP contribution in [0.1, 0.15) is 13.8 Å². The van der Waals surface area contributed by atoms with Crippen LogP contribution in [0.5, 0.6) is 5.88 Å². The lowest BCUT2D eigenvalue weighted by Crippen LogP contribution is -2.12. The highest BCUT2D eigenvalue weighted by Gasteiger charge is 2.03. The molecule has 0 aliphatic carbocycles. The molecule has 0 fully saturated rings. The van der Waals surface area contributed by atoms with E-state index in [1.807, 2.05) is 13.8 Å². The van der Waals surface area contributed by atoms with Gasteiger partial charge in [0, 0.05) is 0 Å². The summed E-state index contributed by atoms with van der Waals surface area (Å²) in [5.74, 6) is 0.538. The average Bonchev–Trinajstić information content (AvgIpc) is 2.14. The van der Waals surface area contributed by atoms with E-state index in [-0.39, 0.29) is 6.10 Å². The highest BCUT2D eigenvalue weighted by molar-refractivity contribution is 9.10. The fourth-order valence-corrected chi connectivity index (χ4v) is 1.45. The second kappa shape index (κ2) is 5.92. The lowest BCUT2D eigenvalue weighted by atomic mass is 10.4. The third kappa shape index (κ3) is 4.48.